The molecule has 0 bridgehead atoms. The number of rotatable bonds is 2. The van der Waals surface area contributed by atoms with Gasteiger partial charge in [-0.2, -0.15) is 0 Å². The lowest BCUT2D eigenvalue weighted by Gasteiger charge is -2.38. The average Bonchev–Trinajstić information content (AvgIpc) is 2.38. The van der Waals surface area contributed by atoms with Crippen molar-refractivity contribution < 1.29 is 0 Å². The number of likely N-dealkylation sites (tertiary alicyclic amines) is 1. The number of benzene rings is 1. The van der Waals surface area contributed by atoms with Gasteiger partial charge in [0.2, 0.25) is 0 Å². The van der Waals surface area contributed by atoms with E-state index in [-0.39, 0.29) is 5.41 Å². The second-order valence-electron chi connectivity index (χ2n) is 8.86. The second kappa shape index (κ2) is 6.12. The fraction of sp³-hybridized carbons (Fsp3) is 0.700. The van der Waals surface area contributed by atoms with E-state index < -0.39 is 0 Å². The Morgan fingerprint density at radius 2 is 1.43 bits per heavy atom. The summed E-state index contributed by atoms with van der Waals surface area (Å²) in [5, 5.41) is 0. The fourth-order valence-corrected chi connectivity index (χ4v) is 3.33. The Labute approximate surface area is 131 Å². The molecular weight excluding hydrogens is 254 g/mol. The monoisotopic (exact) mass is 287 g/mol. The third-order valence-electron chi connectivity index (χ3n) is 5.04. The van der Waals surface area contributed by atoms with Crippen LogP contribution < -0.4 is 0 Å². The summed E-state index contributed by atoms with van der Waals surface area (Å²) in [6, 6.07) is 9.24. The molecule has 1 nitrogen and oxygen atoms in total. The largest absolute Gasteiger partial charge is 0.299 e. The van der Waals surface area contributed by atoms with Gasteiger partial charge >= 0.3 is 0 Å². The minimum absolute atomic E-state index is 0.254. The van der Waals surface area contributed by atoms with Gasteiger partial charge in [0.1, 0.15) is 0 Å². The first-order valence-corrected chi connectivity index (χ1v) is 8.48. The molecular formula is C20H33N. The van der Waals surface area contributed by atoms with Crippen LogP contribution in [0.25, 0.3) is 0 Å². The van der Waals surface area contributed by atoms with Crippen molar-refractivity contribution in [3.8, 4) is 0 Å². The third kappa shape index (κ3) is 4.57. The molecule has 1 heteroatoms. The van der Waals surface area contributed by atoms with Gasteiger partial charge in [-0.15, -0.1) is 0 Å². The molecule has 2 rings (SSSR count). The Morgan fingerprint density at radius 1 is 0.905 bits per heavy atom. The van der Waals surface area contributed by atoms with E-state index in [0.29, 0.717) is 5.41 Å². The fourth-order valence-electron chi connectivity index (χ4n) is 3.33. The summed E-state index contributed by atoms with van der Waals surface area (Å²) >= 11 is 0. The van der Waals surface area contributed by atoms with E-state index in [2.05, 4.69) is 70.7 Å². The lowest BCUT2D eigenvalue weighted by atomic mass is 9.75. The predicted molar refractivity (Wildman–Crippen MR) is 92.6 cm³/mol. The standard InChI is InChI=1S/C20H33N/c1-19(2,3)17-9-7-16(8-10-17)15-21-13-11-18(12-14-21)20(4,5)6/h7-10,18H,11-15H2,1-6H3. The van der Waals surface area contributed by atoms with Crippen molar-refractivity contribution in [3.63, 3.8) is 0 Å². The van der Waals surface area contributed by atoms with E-state index in [1.807, 2.05) is 0 Å². The van der Waals surface area contributed by atoms with Gasteiger partial charge in [0.05, 0.1) is 0 Å². The van der Waals surface area contributed by atoms with Gasteiger partial charge in [-0.1, -0.05) is 65.8 Å². The van der Waals surface area contributed by atoms with Gasteiger partial charge in [0, 0.05) is 6.54 Å². The summed E-state index contributed by atoms with van der Waals surface area (Å²) in [5.41, 5.74) is 3.61. The predicted octanol–water partition coefficient (Wildman–Crippen LogP) is 5.24. The van der Waals surface area contributed by atoms with E-state index in [1.165, 1.54) is 37.1 Å². The molecule has 0 atom stereocenters. The van der Waals surface area contributed by atoms with Crippen LogP contribution in [0.1, 0.15) is 65.5 Å². The quantitative estimate of drug-likeness (QED) is 0.719. The zero-order valence-electron chi connectivity index (χ0n) is 14.9. The summed E-state index contributed by atoms with van der Waals surface area (Å²) in [6.45, 7) is 17.6. The molecule has 0 spiro atoms. The zero-order chi connectivity index (χ0) is 15.7. The Bertz CT molecular complexity index is 436. The highest BCUT2D eigenvalue weighted by Gasteiger charge is 2.28. The molecule has 1 saturated heterocycles. The molecule has 0 radical (unpaired) electrons. The highest BCUT2D eigenvalue weighted by molar-refractivity contribution is 5.27. The Balaban J connectivity index is 1.89. The smallest absolute Gasteiger partial charge is 0.0233 e. The van der Waals surface area contributed by atoms with E-state index in [1.54, 1.807) is 0 Å². The van der Waals surface area contributed by atoms with Crippen LogP contribution in [-0.2, 0) is 12.0 Å². The maximum absolute atomic E-state index is 2.62. The highest BCUT2D eigenvalue weighted by Crippen LogP contribution is 2.34. The minimum atomic E-state index is 0.254. The number of hydrogen-bond donors (Lipinski definition) is 0. The number of hydrogen-bond acceptors (Lipinski definition) is 1. The van der Waals surface area contributed by atoms with Crippen molar-refractivity contribution in [2.45, 2.75) is 66.3 Å². The molecule has 0 amide bonds. The van der Waals surface area contributed by atoms with Crippen molar-refractivity contribution in [3.05, 3.63) is 35.4 Å². The molecule has 1 aliphatic heterocycles. The zero-order valence-corrected chi connectivity index (χ0v) is 14.9. The molecule has 1 heterocycles. The minimum Gasteiger partial charge on any atom is -0.299 e. The molecule has 1 aromatic rings. The maximum Gasteiger partial charge on any atom is 0.0233 e. The highest BCUT2D eigenvalue weighted by atomic mass is 15.1. The number of piperidine rings is 1. The first-order chi connectivity index (χ1) is 9.66. The first-order valence-electron chi connectivity index (χ1n) is 8.48. The second-order valence-corrected chi connectivity index (χ2v) is 8.86. The number of nitrogens with zero attached hydrogens (tertiary/aromatic N) is 1. The van der Waals surface area contributed by atoms with Crippen LogP contribution in [0.15, 0.2) is 24.3 Å². The summed E-state index contributed by atoms with van der Waals surface area (Å²) in [6.07, 6.45) is 2.70. The summed E-state index contributed by atoms with van der Waals surface area (Å²) in [7, 11) is 0. The van der Waals surface area contributed by atoms with Crippen molar-refractivity contribution >= 4 is 0 Å². The Hall–Kier alpha value is -0.820. The van der Waals surface area contributed by atoms with Crippen LogP contribution in [-0.4, -0.2) is 18.0 Å². The van der Waals surface area contributed by atoms with E-state index >= 15 is 0 Å². The molecule has 0 unspecified atom stereocenters. The van der Waals surface area contributed by atoms with Gasteiger partial charge in [-0.3, -0.25) is 4.90 Å². The summed E-state index contributed by atoms with van der Waals surface area (Å²) in [4.78, 5) is 2.62. The van der Waals surface area contributed by atoms with Crippen molar-refractivity contribution in [1.29, 1.82) is 0 Å². The topological polar surface area (TPSA) is 3.24 Å². The lowest BCUT2D eigenvalue weighted by Crippen LogP contribution is -2.37. The van der Waals surface area contributed by atoms with Crippen molar-refractivity contribution in [2.75, 3.05) is 13.1 Å². The van der Waals surface area contributed by atoms with E-state index in [9.17, 15) is 0 Å². The van der Waals surface area contributed by atoms with Crippen LogP contribution in [0.5, 0.6) is 0 Å². The molecule has 21 heavy (non-hydrogen) atoms. The molecule has 1 aliphatic rings. The SMILES string of the molecule is CC(C)(C)c1ccc(CN2CCC(C(C)(C)C)CC2)cc1. The van der Waals surface area contributed by atoms with Gasteiger partial charge < -0.3 is 0 Å². The van der Waals surface area contributed by atoms with Crippen LogP contribution >= 0.6 is 0 Å². The van der Waals surface area contributed by atoms with Gasteiger partial charge in [0.25, 0.3) is 0 Å². The van der Waals surface area contributed by atoms with Gasteiger partial charge in [0.15, 0.2) is 0 Å². The molecule has 1 fully saturated rings. The van der Waals surface area contributed by atoms with Gasteiger partial charge in [-0.25, -0.2) is 0 Å². The molecule has 118 valence electrons. The van der Waals surface area contributed by atoms with E-state index in [0.717, 1.165) is 12.5 Å². The maximum atomic E-state index is 2.62. The summed E-state index contributed by atoms with van der Waals surface area (Å²) < 4.78 is 0. The lowest BCUT2D eigenvalue weighted by molar-refractivity contribution is 0.108. The molecule has 0 saturated carbocycles. The molecule has 0 aromatic heterocycles. The van der Waals surface area contributed by atoms with Gasteiger partial charge in [-0.05, 0) is 53.8 Å². The van der Waals surface area contributed by atoms with Crippen LogP contribution in [0, 0.1) is 11.3 Å². The Kier molecular flexibility index (Phi) is 4.82. The van der Waals surface area contributed by atoms with Crippen LogP contribution in [0.2, 0.25) is 0 Å². The molecule has 0 N–H and O–H groups in total. The van der Waals surface area contributed by atoms with Crippen LogP contribution in [0.3, 0.4) is 0 Å². The summed E-state index contributed by atoms with van der Waals surface area (Å²) in [5.74, 6) is 0.886. The molecule has 0 aliphatic carbocycles. The third-order valence-corrected chi connectivity index (χ3v) is 5.04. The normalized spacial score (nSPS) is 19.0. The Morgan fingerprint density at radius 3 is 1.86 bits per heavy atom. The average molecular weight is 287 g/mol. The van der Waals surface area contributed by atoms with Crippen molar-refractivity contribution in [2.24, 2.45) is 11.3 Å². The van der Waals surface area contributed by atoms with Crippen molar-refractivity contribution in [1.82, 2.24) is 4.90 Å². The van der Waals surface area contributed by atoms with Crippen LogP contribution in [0.4, 0.5) is 0 Å². The van der Waals surface area contributed by atoms with E-state index in [4.69, 9.17) is 0 Å². The first kappa shape index (κ1) is 16.5. The molecule has 1 aromatic carbocycles.